The van der Waals surface area contributed by atoms with Crippen molar-refractivity contribution in [2.75, 3.05) is 6.61 Å². The molecule has 1 unspecified atom stereocenters. The molecule has 4 bridgehead atoms. The average molecular weight is 320 g/mol. The molecule has 4 nitrogen and oxygen atoms in total. The molecule has 128 valence electrons. The van der Waals surface area contributed by atoms with Crippen LogP contribution in [0, 0.1) is 11.8 Å². The normalized spacial score (nSPS) is 60.7. The van der Waals surface area contributed by atoms with E-state index in [1.807, 2.05) is 6.92 Å². The van der Waals surface area contributed by atoms with Crippen LogP contribution >= 0.6 is 0 Å². The van der Waals surface area contributed by atoms with Crippen LogP contribution in [0.1, 0.15) is 59.3 Å². The van der Waals surface area contributed by atoms with Gasteiger partial charge in [-0.15, -0.1) is 0 Å². The van der Waals surface area contributed by atoms with E-state index in [2.05, 4.69) is 19.9 Å². The molecule has 0 saturated carbocycles. The Bertz CT molecular complexity index is 584. The van der Waals surface area contributed by atoms with Crippen molar-refractivity contribution in [2.24, 2.45) is 11.8 Å². The number of ether oxygens (including phenoxy) is 3. The van der Waals surface area contributed by atoms with Crippen LogP contribution in [-0.4, -0.2) is 40.4 Å². The van der Waals surface area contributed by atoms with E-state index >= 15 is 0 Å². The predicted molar refractivity (Wildman–Crippen MR) is 84.8 cm³/mol. The molecule has 23 heavy (non-hydrogen) atoms. The maximum absolute atomic E-state index is 10.9. The first-order valence-corrected chi connectivity index (χ1v) is 9.23. The fourth-order valence-electron chi connectivity index (χ4n) is 6.32. The van der Waals surface area contributed by atoms with Crippen LogP contribution in [-0.2, 0) is 14.2 Å². The van der Waals surface area contributed by atoms with E-state index in [0.717, 1.165) is 38.5 Å². The Morgan fingerprint density at radius 1 is 1.09 bits per heavy atom. The molecule has 1 spiro atoms. The second-order valence-corrected chi connectivity index (χ2v) is 9.06. The lowest BCUT2D eigenvalue weighted by Gasteiger charge is -2.45. The number of rotatable bonds is 0. The molecule has 0 aliphatic carbocycles. The molecule has 5 rings (SSSR count). The summed E-state index contributed by atoms with van der Waals surface area (Å²) in [4.78, 5) is 0. The van der Waals surface area contributed by atoms with Gasteiger partial charge in [0.25, 0.3) is 0 Å². The molecule has 0 aromatic rings. The lowest BCUT2D eigenvalue weighted by Crippen LogP contribution is -2.54. The molecule has 5 aliphatic rings. The summed E-state index contributed by atoms with van der Waals surface area (Å²) in [7, 11) is 0. The molecule has 5 aliphatic heterocycles. The first kappa shape index (κ1) is 14.9. The third-order valence-electron chi connectivity index (χ3n) is 7.57. The zero-order valence-electron chi connectivity index (χ0n) is 14.4. The van der Waals surface area contributed by atoms with Crippen LogP contribution in [0.15, 0.2) is 11.6 Å². The summed E-state index contributed by atoms with van der Waals surface area (Å²) < 4.78 is 19.5. The Morgan fingerprint density at radius 3 is 2.74 bits per heavy atom. The van der Waals surface area contributed by atoms with Gasteiger partial charge in [-0.1, -0.05) is 6.08 Å². The molecular weight excluding hydrogens is 292 g/mol. The van der Waals surface area contributed by atoms with Gasteiger partial charge in [0.1, 0.15) is 0 Å². The molecular formula is C19H28O4. The fraction of sp³-hybridized carbons (Fsp3) is 0.895. The van der Waals surface area contributed by atoms with E-state index in [1.54, 1.807) is 0 Å². The van der Waals surface area contributed by atoms with Crippen molar-refractivity contribution in [1.29, 1.82) is 0 Å². The standard InChI is InChI=1S/C19H28O4/c1-16(20)8-5-13-15(18(3)10-6-14(16)22-18)19-12(7-11-21-19)4-9-17(13,2)23-19/h7,13-15,20H,4-6,8-11H2,1-3H3/t13-,14-,15+,16-,17+,18+,19?/m0/s1. The van der Waals surface area contributed by atoms with Crippen molar-refractivity contribution in [3.63, 3.8) is 0 Å². The Hall–Kier alpha value is -0.420. The molecule has 4 saturated heterocycles. The fourth-order valence-corrected chi connectivity index (χ4v) is 6.32. The zero-order chi connectivity index (χ0) is 16.1. The van der Waals surface area contributed by atoms with E-state index in [4.69, 9.17) is 14.2 Å². The topological polar surface area (TPSA) is 47.9 Å². The van der Waals surface area contributed by atoms with Crippen molar-refractivity contribution in [3.8, 4) is 0 Å². The van der Waals surface area contributed by atoms with E-state index in [-0.39, 0.29) is 23.2 Å². The first-order chi connectivity index (χ1) is 10.8. The molecule has 7 atom stereocenters. The summed E-state index contributed by atoms with van der Waals surface area (Å²) in [6.45, 7) is 7.09. The summed E-state index contributed by atoms with van der Waals surface area (Å²) in [6, 6.07) is 0. The van der Waals surface area contributed by atoms with Crippen molar-refractivity contribution in [1.82, 2.24) is 0 Å². The minimum absolute atomic E-state index is 0.0630. The molecule has 0 radical (unpaired) electrons. The van der Waals surface area contributed by atoms with Crippen molar-refractivity contribution < 1.29 is 19.3 Å². The van der Waals surface area contributed by atoms with E-state index in [9.17, 15) is 5.11 Å². The van der Waals surface area contributed by atoms with E-state index in [1.165, 1.54) is 5.57 Å². The second kappa shape index (κ2) is 4.21. The molecule has 1 N–H and O–H groups in total. The molecule has 4 heteroatoms. The molecule has 0 amide bonds. The highest BCUT2D eigenvalue weighted by Crippen LogP contribution is 2.66. The predicted octanol–water partition coefficient (Wildman–Crippen LogP) is 2.94. The summed E-state index contributed by atoms with van der Waals surface area (Å²) in [6.07, 6.45) is 7.96. The Balaban J connectivity index is 1.66. The van der Waals surface area contributed by atoms with E-state index < -0.39 is 11.4 Å². The quantitative estimate of drug-likeness (QED) is 0.697. The number of aliphatic hydroxyl groups is 1. The van der Waals surface area contributed by atoms with Crippen molar-refractivity contribution in [3.05, 3.63) is 11.6 Å². The van der Waals surface area contributed by atoms with Crippen LogP contribution < -0.4 is 0 Å². The second-order valence-electron chi connectivity index (χ2n) is 9.06. The summed E-state index contributed by atoms with van der Waals surface area (Å²) in [5, 5.41) is 10.9. The SMILES string of the molecule is C[C@]1(O)CC[C@H]2[C@@H](C34OCC=C3CC[C@@]2(C)O4)[C@@]2(C)CC[C@@H]1O2. The summed E-state index contributed by atoms with van der Waals surface area (Å²) >= 11 is 0. The van der Waals surface area contributed by atoms with Crippen LogP contribution in [0.5, 0.6) is 0 Å². The largest absolute Gasteiger partial charge is 0.387 e. The number of fused-ring (bicyclic) bond motifs is 6. The highest BCUT2D eigenvalue weighted by atomic mass is 16.7. The minimum atomic E-state index is -0.733. The van der Waals surface area contributed by atoms with Gasteiger partial charge in [-0.25, -0.2) is 0 Å². The molecule has 4 fully saturated rings. The summed E-state index contributed by atoms with van der Waals surface area (Å²) in [5.41, 5.74) is 0.168. The highest BCUT2D eigenvalue weighted by molar-refractivity contribution is 5.31. The van der Waals surface area contributed by atoms with Crippen LogP contribution in [0.3, 0.4) is 0 Å². The van der Waals surface area contributed by atoms with Crippen LogP contribution in [0.2, 0.25) is 0 Å². The highest BCUT2D eigenvalue weighted by Gasteiger charge is 2.72. The minimum Gasteiger partial charge on any atom is -0.387 e. The van der Waals surface area contributed by atoms with E-state index in [0.29, 0.717) is 12.5 Å². The molecule has 0 aromatic carbocycles. The van der Waals surface area contributed by atoms with Gasteiger partial charge in [0.2, 0.25) is 0 Å². The van der Waals surface area contributed by atoms with Crippen LogP contribution in [0.4, 0.5) is 0 Å². The van der Waals surface area contributed by atoms with Gasteiger partial charge in [0.15, 0.2) is 5.79 Å². The molecule has 0 aromatic heterocycles. The lowest BCUT2D eigenvalue weighted by molar-refractivity contribution is -0.262. The van der Waals surface area contributed by atoms with Gasteiger partial charge in [0, 0.05) is 0 Å². The summed E-state index contributed by atoms with van der Waals surface area (Å²) in [5.74, 6) is 0.0456. The van der Waals surface area contributed by atoms with Crippen molar-refractivity contribution in [2.45, 2.75) is 88.0 Å². The molecule has 5 heterocycles. The maximum atomic E-state index is 10.9. The zero-order valence-corrected chi connectivity index (χ0v) is 14.4. The van der Waals surface area contributed by atoms with Gasteiger partial charge < -0.3 is 19.3 Å². The Morgan fingerprint density at radius 2 is 1.91 bits per heavy atom. The Labute approximate surface area is 138 Å². The number of hydrogen-bond acceptors (Lipinski definition) is 4. The van der Waals surface area contributed by atoms with Crippen molar-refractivity contribution >= 4 is 0 Å². The smallest absolute Gasteiger partial charge is 0.197 e. The van der Waals surface area contributed by atoms with Gasteiger partial charge in [-0.05, 0) is 70.8 Å². The van der Waals surface area contributed by atoms with Gasteiger partial charge in [-0.2, -0.15) is 0 Å². The van der Waals surface area contributed by atoms with Gasteiger partial charge >= 0.3 is 0 Å². The van der Waals surface area contributed by atoms with Gasteiger partial charge in [-0.3, -0.25) is 0 Å². The first-order valence-electron chi connectivity index (χ1n) is 9.23. The monoisotopic (exact) mass is 320 g/mol. The number of hydrogen-bond donors (Lipinski definition) is 1. The third kappa shape index (κ3) is 1.71. The van der Waals surface area contributed by atoms with Gasteiger partial charge in [0.05, 0.1) is 35.4 Å². The van der Waals surface area contributed by atoms with Crippen LogP contribution in [0.25, 0.3) is 0 Å². The maximum Gasteiger partial charge on any atom is 0.197 e. The average Bonchev–Trinajstić information content (AvgIpc) is 3.11. The lowest BCUT2D eigenvalue weighted by atomic mass is 9.68. The third-order valence-corrected chi connectivity index (χ3v) is 7.57. The Kier molecular flexibility index (Phi) is 2.73.